The van der Waals surface area contributed by atoms with Crippen molar-refractivity contribution >= 4 is 44.3 Å². The third-order valence-corrected chi connectivity index (χ3v) is 4.16. The highest BCUT2D eigenvalue weighted by molar-refractivity contribution is 9.10. The molecule has 0 saturated heterocycles. The molecule has 0 unspecified atom stereocenters. The van der Waals surface area contributed by atoms with Crippen LogP contribution in [0.25, 0.3) is 10.9 Å². The fourth-order valence-electron chi connectivity index (χ4n) is 2.59. The van der Waals surface area contributed by atoms with Gasteiger partial charge in [0.15, 0.2) is 0 Å². The van der Waals surface area contributed by atoms with Crippen molar-refractivity contribution in [1.29, 1.82) is 0 Å². The lowest BCUT2D eigenvalue weighted by Crippen LogP contribution is -2.18. The van der Waals surface area contributed by atoms with Crippen molar-refractivity contribution in [3.05, 3.63) is 57.7 Å². The van der Waals surface area contributed by atoms with Crippen LogP contribution in [0.2, 0.25) is 0 Å². The van der Waals surface area contributed by atoms with Crippen LogP contribution in [0.15, 0.2) is 41.0 Å². The highest BCUT2D eigenvalue weighted by Gasteiger charge is 2.15. The fourth-order valence-corrected chi connectivity index (χ4v) is 2.95. The van der Waals surface area contributed by atoms with Gasteiger partial charge in [-0.3, -0.25) is 14.3 Å². The van der Waals surface area contributed by atoms with E-state index in [4.69, 9.17) is 5.73 Å². The normalized spacial score (nSPS) is 10.8. The summed E-state index contributed by atoms with van der Waals surface area (Å²) in [5.74, 6) is -0.916. The number of rotatable bonds is 3. The van der Waals surface area contributed by atoms with Gasteiger partial charge in [0, 0.05) is 28.7 Å². The number of anilines is 1. The monoisotopic (exact) mass is 386 g/mol. The predicted molar refractivity (Wildman–Crippen MR) is 96.1 cm³/mol. The topological polar surface area (TPSA) is 90.0 Å². The Morgan fingerprint density at radius 2 is 2.00 bits per heavy atom. The van der Waals surface area contributed by atoms with E-state index in [0.29, 0.717) is 11.3 Å². The van der Waals surface area contributed by atoms with E-state index < -0.39 is 5.91 Å². The Bertz CT molecular complexity index is 978. The number of hydrogen-bond donors (Lipinski definition) is 2. The SMILES string of the molecule is Cc1cc(C(=O)Nc2cc(Br)ccc2C(N)=O)cc2cn(C)nc12. The molecule has 6 nitrogen and oxygen atoms in total. The van der Waals surface area contributed by atoms with Crippen LogP contribution in [0, 0.1) is 6.92 Å². The Morgan fingerprint density at radius 3 is 2.71 bits per heavy atom. The molecule has 1 aromatic heterocycles. The minimum Gasteiger partial charge on any atom is -0.366 e. The van der Waals surface area contributed by atoms with Gasteiger partial charge < -0.3 is 11.1 Å². The summed E-state index contributed by atoms with van der Waals surface area (Å²) in [6.07, 6.45) is 1.85. The zero-order valence-corrected chi connectivity index (χ0v) is 14.7. The molecule has 0 aliphatic heterocycles. The Morgan fingerprint density at radius 1 is 1.25 bits per heavy atom. The largest absolute Gasteiger partial charge is 0.366 e. The Kier molecular flexibility index (Phi) is 4.11. The number of carbonyl (C=O) groups is 2. The summed E-state index contributed by atoms with van der Waals surface area (Å²) in [7, 11) is 1.83. The van der Waals surface area contributed by atoms with Gasteiger partial charge in [0.25, 0.3) is 11.8 Å². The van der Waals surface area contributed by atoms with Crippen molar-refractivity contribution < 1.29 is 9.59 Å². The molecule has 0 fully saturated rings. The summed E-state index contributed by atoms with van der Waals surface area (Å²) in [5.41, 5.74) is 8.24. The first-order chi connectivity index (χ1) is 11.3. The Balaban J connectivity index is 1.99. The number of carbonyl (C=O) groups excluding carboxylic acids is 2. The average molecular weight is 387 g/mol. The molecule has 2 amide bonds. The Hall–Kier alpha value is -2.67. The molecule has 3 rings (SSSR count). The van der Waals surface area contributed by atoms with Gasteiger partial charge >= 0.3 is 0 Å². The number of aromatic nitrogens is 2. The van der Waals surface area contributed by atoms with Gasteiger partial charge in [-0.05, 0) is 42.8 Å². The molecule has 0 saturated carbocycles. The van der Waals surface area contributed by atoms with Gasteiger partial charge in [0.2, 0.25) is 0 Å². The molecule has 0 bridgehead atoms. The highest BCUT2D eigenvalue weighted by atomic mass is 79.9. The van der Waals surface area contributed by atoms with Gasteiger partial charge in [-0.25, -0.2) is 0 Å². The van der Waals surface area contributed by atoms with E-state index in [-0.39, 0.29) is 11.5 Å². The molecule has 0 spiro atoms. The van der Waals surface area contributed by atoms with Crippen LogP contribution in [0.1, 0.15) is 26.3 Å². The molecule has 0 aliphatic carbocycles. The lowest BCUT2D eigenvalue weighted by atomic mass is 10.1. The van der Waals surface area contributed by atoms with Gasteiger partial charge in [-0.1, -0.05) is 15.9 Å². The minimum atomic E-state index is -0.600. The first kappa shape index (κ1) is 16.2. The van der Waals surface area contributed by atoms with Crippen molar-refractivity contribution in [2.75, 3.05) is 5.32 Å². The Labute approximate surface area is 146 Å². The molecular weight excluding hydrogens is 372 g/mol. The molecule has 1 heterocycles. The predicted octanol–water partition coefficient (Wildman–Crippen LogP) is 3.00. The van der Waals surface area contributed by atoms with E-state index in [1.807, 2.05) is 20.2 Å². The number of benzene rings is 2. The van der Waals surface area contributed by atoms with Gasteiger partial charge in [-0.2, -0.15) is 5.10 Å². The third kappa shape index (κ3) is 3.03. The van der Waals surface area contributed by atoms with Crippen molar-refractivity contribution in [2.24, 2.45) is 12.8 Å². The minimum absolute atomic E-state index is 0.255. The summed E-state index contributed by atoms with van der Waals surface area (Å²) in [5, 5.41) is 8.00. The molecule has 3 aromatic rings. The average Bonchev–Trinajstić information content (AvgIpc) is 2.88. The highest BCUT2D eigenvalue weighted by Crippen LogP contribution is 2.23. The van der Waals surface area contributed by atoms with E-state index in [0.717, 1.165) is 20.9 Å². The van der Waals surface area contributed by atoms with Crippen LogP contribution >= 0.6 is 15.9 Å². The van der Waals surface area contributed by atoms with Crippen LogP contribution in [-0.4, -0.2) is 21.6 Å². The van der Waals surface area contributed by atoms with E-state index in [9.17, 15) is 9.59 Å². The van der Waals surface area contributed by atoms with Crippen molar-refractivity contribution in [2.45, 2.75) is 6.92 Å². The maximum atomic E-state index is 12.6. The number of halogens is 1. The third-order valence-electron chi connectivity index (χ3n) is 3.67. The molecule has 3 N–H and O–H groups in total. The molecule has 2 aromatic carbocycles. The van der Waals surface area contributed by atoms with E-state index in [2.05, 4.69) is 26.3 Å². The lowest BCUT2D eigenvalue weighted by Gasteiger charge is -2.10. The summed E-state index contributed by atoms with van der Waals surface area (Å²) < 4.78 is 2.44. The molecule has 0 radical (unpaired) electrons. The first-order valence-electron chi connectivity index (χ1n) is 7.20. The molecule has 122 valence electrons. The second kappa shape index (κ2) is 6.09. The number of nitrogens with zero attached hydrogens (tertiary/aromatic N) is 2. The van der Waals surface area contributed by atoms with Crippen LogP contribution in [-0.2, 0) is 7.05 Å². The van der Waals surface area contributed by atoms with E-state index >= 15 is 0 Å². The van der Waals surface area contributed by atoms with Gasteiger partial charge in [0.1, 0.15) is 0 Å². The van der Waals surface area contributed by atoms with Crippen molar-refractivity contribution in [3.63, 3.8) is 0 Å². The maximum absolute atomic E-state index is 12.6. The fraction of sp³-hybridized carbons (Fsp3) is 0.118. The molecule has 7 heteroatoms. The summed E-state index contributed by atoms with van der Waals surface area (Å²) in [4.78, 5) is 24.1. The van der Waals surface area contributed by atoms with Crippen molar-refractivity contribution in [3.8, 4) is 0 Å². The summed E-state index contributed by atoms with van der Waals surface area (Å²) >= 11 is 3.32. The summed E-state index contributed by atoms with van der Waals surface area (Å²) in [6.45, 7) is 1.90. The van der Waals surface area contributed by atoms with Crippen LogP contribution in [0.5, 0.6) is 0 Å². The summed E-state index contributed by atoms with van der Waals surface area (Å²) in [6, 6.07) is 8.45. The standard InChI is InChI=1S/C17H15BrN4O2/c1-9-5-10(6-11-8-22(2)21-15(9)11)17(24)20-14-7-12(18)3-4-13(14)16(19)23/h3-8H,1-2H3,(H2,19,23)(H,20,24). The number of nitrogens with one attached hydrogen (secondary N) is 1. The molecule has 0 atom stereocenters. The van der Waals surface area contributed by atoms with Crippen LogP contribution in [0.3, 0.4) is 0 Å². The number of hydrogen-bond acceptors (Lipinski definition) is 3. The lowest BCUT2D eigenvalue weighted by molar-refractivity contribution is 0.100. The number of primary amides is 1. The molecule has 24 heavy (non-hydrogen) atoms. The van der Waals surface area contributed by atoms with Crippen LogP contribution in [0.4, 0.5) is 5.69 Å². The van der Waals surface area contributed by atoms with Gasteiger partial charge in [-0.15, -0.1) is 0 Å². The molecular formula is C17H15BrN4O2. The second-order valence-electron chi connectivity index (χ2n) is 5.54. The number of fused-ring (bicyclic) bond motifs is 1. The van der Waals surface area contributed by atoms with Gasteiger partial charge in [0.05, 0.1) is 16.8 Å². The number of aryl methyl sites for hydroxylation is 2. The van der Waals surface area contributed by atoms with Crippen molar-refractivity contribution in [1.82, 2.24) is 9.78 Å². The van der Waals surface area contributed by atoms with Crippen LogP contribution < -0.4 is 11.1 Å². The zero-order chi connectivity index (χ0) is 17.4. The number of nitrogens with two attached hydrogens (primary N) is 1. The number of amides is 2. The zero-order valence-electron chi connectivity index (χ0n) is 13.1. The quantitative estimate of drug-likeness (QED) is 0.724. The van der Waals surface area contributed by atoms with E-state index in [1.165, 1.54) is 0 Å². The molecule has 0 aliphatic rings. The first-order valence-corrected chi connectivity index (χ1v) is 7.99. The second-order valence-corrected chi connectivity index (χ2v) is 6.46. The van der Waals surface area contributed by atoms with E-state index in [1.54, 1.807) is 35.0 Å². The smallest absolute Gasteiger partial charge is 0.255 e. The maximum Gasteiger partial charge on any atom is 0.255 e.